The molecule has 0 aliphatic heterocycles. The minimum atomic E-state index is -0.161. The van der Waals surface area contributed by atoms with Gasteiger partial charge in [0.2, 0.25) is 0 Å². The van der Waals surface area contributed by atoms with E-state index in [0.717, 1.165) is 21.5 Å². The molecule has 4 aromatic rings. The Morgan fingerprint density at radius 2 is 2.04 bits per heavy atom. The van der Waals surface area contributed by atoms with Gasteiger partial charge in [0, 0.05) is 12.1 Å². The Labute approximate surface area is 166 Å². The minimum Gasteiger partial charge on any atom is -0.497 e. The average molecular weight is 390 g/mol. The fourth-order valence-electron chi connectivity index (χ4n) is 2.76. The molecular formula is C22H18N2O3S. The number of fused-ring (bicyclic) bond motifs is 1. The van der Waals surface area contributed by atoms with Gasteiger partial charge in [-0.2, -0.15) is 0 Å². The molecule has 0 N–H and O–H groups in total. The number of aromatic nitrogens is 1. The fourth-order valence-corrected chi connectivity index (χ4v) is 3.71. The lowest BCUT2D eigenvalue weighted by atomic mass is 10.2. The quantitative estimate of drug-likeness (QED) is 0.428. The Bertz CT molecular complexity index is 1100. The molecule has 0 radical (unpaired) electrons. The summed E-state index contributed by atoms with van der Waals surface area (Å²) in [5.74, 6) is 1.27. The van der Waals surface area contributed by atoms with Crippen molar-refractivity contribution in [3.05, 3.63) is 84.3 Å². The molecule has 0 fully saturated rings. The summed E-state index contributed by atoms with van der Waals surface area (Å²) in [6.45, 7) is 0.307. The van der Waals surface area contributed by atoms with E-state index in [0.29, 0.717) is 17.4 Å². The molecule has 28 heavy (non-hydrogen) atoms. The van der Waals surface area contributed by atoms with Crippen molar-refractivity contribution in [2.75, 3.05) is 12.0 Å². The second-order valence-corrected chi connectivity index (χ2v) is 7.09. The predicted octanol–water partition coefficient (Wildman–Crippen LogP) is 5.14. The van der Waals surface area contributed by atoms with Gasteiger partial charge in [0.15, 0.2) is 5.13 Å². The number of nitrogens with zero attached hydrogens (tertiary/aromatic N) is 2. The molecule has 0 atom stereocenters. The normalized spacial score (nSPS) is 11.2. The molecule has 0 spiro atoms. The van der Waals surface area contributed by atoms with Crippen LogP contribution in [-0.4, -0.2) is 18.0 Å². The number of anilines is 1. The summed E-state index contributed by atoms with van der Waals surface area (Å²) in [5.41, 5.74) is 1.76. The number of benzene rings is 2. The number of carbonyl (C=O) groups excluding carboxylic acids is 1. The maximum Gasteiger partial charge on any atom is 0.253 e. The zero-order valence-electron chi connectivity index (χ0n) is 15.2. The number of amides is 1. The van der Waals surface area contributed by atoms with Crippen molar-refractivity contribution in [3.63, 3.8) is 0 Å². The summed E-state index contributed by atoms with van der Waals surface area (Å²) >= 11 is 1.46. The van der Waals surface area contributed by atoms with E-state index in [1.165, 1.54) is 11.3 Å². The molecule has 0 saturated heterocycles. The van der Waals surface area contributed by atoms with Crippen LogP contribution in [0.4, 0.5) is 5.13 Å². The lowest BCUT2D eigenvalue weighted by Crippen LogP contribution is -2.28. The summed E-state index contributed by atoms with van der Waals surface area (Å²) in [5, 5.41) is 0.613. The third kappa shape index (κ3) is 3.97. The van der Waals surface area contributed by atoms with E-state index >= 15 is 0 Å². The SMILES string of the molecule is COc1ccc2sc(N(Cc3ccco3)C(=O)/C=C/c3ccccc3)nc2c1. The molecule has 2 heterocycles. The molecule has 1 amide bonds. The third-order valence-corrected chi connectivity index (χ3v) is 5.25. The summed E-state index contributed by atoms with van der Waals surface area (Å²) in [6, 6.07) is 19.1. The number of furan rings is 1. The summed E-state index contributed by atoms with van der Waals surface area (Å²) in [4.78, 5) is 19.2. The number of methoxy groups -OCH3 is 1. The number of hydrogen-bond acceptors (Lipinski definition) is 5. The Balaban J connectivity index is 1.67. The smallest absolute Gasteiger partial charge is 0.253 e. The number of rotatable bonds is 6. The highest BCUT2D eigenvalue weighted by atomic mass is 32.1. The van der Waals surface area contributed by atoms with Gasteiger partial charge in [-0.25, -0.2) is 4.98 Å². The Morgan fingerprint density at radius 1 is 1.18 bits per heavy atom. The van der Waals surface area contributed by atoms with Gasteiger partial charge in [-0.1, -0.05) is 41.7 Å². The van der Waals surface area contributed by atoms with Crippen molar-refractivity contribution in [1.82, 2.24) is 4.98 Å². The highest BCUT2D eigenvalue weighted by molar-refractivity contribution is 7.22. The molecule has 0 saturated carbocycles. The highest BCUT2D eigenvalue weighted by Crippen LogP contribution is 2.32. The van der Waals surface area contributed by atoms with Crippen LogP contribution in [0.25, 0.3) is 16.3 Å². The van der Waals surface area contributed by atoms with Crippen molar-refractivity contribution in [2.45, 2.75) is 6.54 Å². The van der Waals surface area contributed by atoms with Gasteiger partial charge in [0.25, 0.3) is 5.91 Å². The minimum absolute atomic E-state index is 0.161. The van der Waals surface area contributed by atoms with Crippen LogP contribution in [0.15, 0.2) is 77.4 Å². The summed E-state index contributed by atoms with van der Waals surface area (Å²) in [6.07, 6.45) is 4.96. The molecule has 0 unspecified atom stereocenters. The van der Waals surface area contributed by atoms with E-state index in [9.17, 15) is 4.79 Å². The molecule has 2 aromatic carbocycles. The van der Waals surface area contributed by atoms with Gasteiger partial charge in [0.05, 0.1) is 30.1 Å². The predicted molar refractivity (Wildman–Crippen MR) is 112 cm³/mol. The number of hydrogen-bond donors (Lipinski definition) is 0. The first-order valence-corrected chi connectivity index (χ1v) is 9.56. The van der Waals surface area contributed by atoms with E-state index in [-0.39, 0.29) is 5.91 Å². The van der Waals surface area contributed by atoms with Gasteiger partial charge in [0.1, 0.15) is 11.5 Å². The maximum atomic E-state index is 13.0. The second kappa shape index (κ2) is 8.10. The van der Waals surface area contributed by atoms with Crippen molar-refractivity contribution < 1.29 is 13.9 Å². The van der Waals surface area contributed by atoms with E-state index in [1.54, 1.807) is 36.5 Å². The van der Waals surface area contributed by atoms with E-state index in [4.69, 9.17) is 9.15 Å². The molecule has 2 aromatic heterocycles. The zero-order valence-corrected chi connectivity index (χ0v) is 16.1. The molecular weight excluding hydrogens is 372 g/mol. The number of thiazole rings is 1. The lowest BCUT2D eigenvalue weighted by molar-refractivity contribution is -0.114. The largest absolute Gasteiger partial charge is 0.497 e. The number of carbonyl (C=O) groups is 1. The highest BCUT2D eigenvalue weighted by Gasteiger charge is 2.19. The maximum absolute atomic E-state index is 13.0. The number of ether oxygens (including phenoxy) is 1. The van der Waals surface area contributed by atoms with Crippen LogP contribution < -0.4 is 9.64 Å². The van der Waals surface area contributed by atoms with E-state index in [2.05, 4.69) is 4.98 Å². The third-order valence-electron chi connectivity index (χ3n) is 4.19. The van der Waals surface area contributed by atoms with Crippen molar-refractivity contribution in [2.24, 2.45) is 0 Å². The van der Waals surface area contributed by atoms with Crippen molar-refractivity contribution in [1.29, 1.82) is 0 Å². The van der Waals surface area contributed by atoms with Gasteiger partial charge in [-0.3, -0.25) is 9.69 Å². The van der Waals surface area contributed by atoms with Crippen LogP contribution in [0.1, 0.15) is 11.3 Å². The average Bonchev–Trinajstić information content (AvgIpc) is 3.39. The van der Waals surface area contributed by atoms with Crippen molar-refractivity contribution in [3.8, 4) is 5.75 Å². The van der Waals surface area contributed by atoms with Gasteiger partial charge in [-0.05, 0) is 35.9 Å². The van der Waals surface area contributed by atoms with Crippen LogP contribution in [0.3, 0.4) is 0 Å². The first-order chi connectivity index (χ1) is 13.7. The monoisotopic (exact) mass is 390 g/mol. The molecule has 140 valence electrons. The summed E-state index contributed by atoms with van der Waals surface area (Å²) < 4.78 is 11.7. The van der Waals surface area contributed by atoms with Gasteiger partial charge >= 0.3 is 0 Å². The molecule has 0 aliphatic carbocycles. The second-order valence-electron chi connectivity index (χ2n) is 6.08. The molecule has 0 aliphatic rings. The first-order valence-electron chi connectivity index (χ1n) is 8.74. The van der Waals surface area contributed by atoms with Gasteiger partial charge < -0.3 is 9.15 Å². The molecule has 0 bridgehead atoms. The molecule has 5 nitrogen and oxygen atoms in total. The van der Waals surface area contributed by atoms with E-state index in [1.807, 2.05) is 54.6 Å². The van der Waals surface area contributed by atoms with Gasteiger partial charge in [-0.15, -0.1) is 0 Å². The van der Waals surface area contributed by atoms with Crippen LogP contribution >= 0.6 is 11.3 Å². The van der Waals surface area contributed by atoms with E-state index < -0.39 is 0 Å². The van der Waals surface area contributed by atoms with Crippen LogP contribution in [-0.2, 0) is 11.3 Å². The Kier molecular flexibility index (Phi) is 5.21. The fraction of sp³-hybridized carbons (Fsp3) is 0.0909. The van der Waals surface area contributed by atoms with Crippen LogP contribution in [0.2, 0.25) is 0 Å². The van der Waals surface area contributed by atoms with Crippen LogP contribution in [0, 0.1) is 0 Å². The Morgan fingerprint density at radius 3 is 2.79 bits per heavy atom. The zero-order chi connectivity index (χ0) is 19.3. The molecule has 6 heteroatoms. The Hall–Kier alpha value is -3.38. The topological polar surface area (TPSA) is 55.6 Å². The summed E-state index contributed by atoms with van der Waals surface area (Å²) in [7, 11) is 1.62. The standard InChI is InChI=1S/C22H18N2O3S/c1-26-17-10-11-20-19(14-17)23-22(28-20)24(15-18-8-5-13-27-18)21(25)12-9-16-6-3-2-4-7-16/h2-14H,15H2,1H3/b12-9+. The first kappa shape index (κ1) is 18.0. The van der Waals surface area contributed by atoms with Crippen LogP contribution in [0.5, 0.6) is 5.75 Å². The molecule has 4 rings (SSSR count). The lowest BCUT2D eigenvalue weighted by Gasteiger charge is -2.16. The van der Waals surface area contributed by atoms with Crippen molar-refractivity contribution >= 4 is 38.7 Å².